The third-order valence-corrected chi connectivity index (χ3v) is 2.23. The highest BCUT2D eigenvalue weighted by atomic mass is 16.4. The van der Waals surface area contributed by atoms with Gasteiger partial charge in [0.15, 0.2) is 0 Å². The smallest absolute Gasteiger partial charge is 0.115 e. The van der Waals surface area contributed by atoms with Gasteiger partial charge in [0.05, 0.1) is 21.1 Å². The first-order valence-electron chi connectivity index (χ1n) is 4.48. The van der Waals surface area contributed by atoms with Crippen LogP contribution in [0, 0.1) is 0 Å². The molecule has 0 aliphatic rings. The summed E-state index contributed by atoms with van der Waals surface area (Å²) in [4.78, 5) is 10.3. The molecule has 0 rings (SSSR count). The lowest BCUT2D eigenvalue weighted by atomic mass is 10.0. The summed E-state index contributed by atoms with van der Waals surface area (Å²) in [6.07, 6.45) is -0.360. The number of quaternary nitrogens is 1. The quantitative estimate of drug-likeness (QED) is 0.563. The first-order valence-corrected chi connectivity index (χ1v) is 4.48. The predicted octanol–water partition coefficient (Wildman–Crippen LogP) is -1.03. The molecule has 0 saturated carbocycles. The molecule has 1 N–H and O–H groups in total. The topological polar surface area (TPSA) is 60.4 Å². The molecule has 0 aliphatic heterocycles. The predicted molar refractivity (Wildman–Crippen MR) is 47.7 cm³/mol. The van der Waals surface area contributed by atoms with E-state index in [-0.39, 0.29) is 12.5 Å². The van der Waals surface area contributed by atoms with Gasteiger partial charge in [-0.1, -0.05) is 6.92 Å². The maximum Gasteiger partial charge on any atom is 0.115 e. The monoisotopic (exact) mass is 189 g/mol. The number of carboxylic acids is 1. The molecule has 0 amide bonds. The van der Waals surface area contributed by atoms with Gasteiger partial charge in [0, 0.05) is 12.4 Å². The van der Waals surface area contributed by atoms with Crippen molar-refractivity contribution in [3.05, 3.63) is 0 Å². The summed E-state index contributed by atoms with van der Waals surface area (Å²) in [5, 5.41) is 19.9. The highest BCUT2D eigenvalue weighted by Crippen LogP contribution is 2.13. The fraction of sp³-hybridized carbons (Fsp3) is 0.889. The number of aliphatic hydroxyl groups excluding tert-OH is 1. The molecular weight excluding hydrogens is 170 g/mol. The number of rotatable bonds is 5. The van der Waals surface area contributed by atoms with E-state index in [4.69, 9.17) is 0 Å². The standard InChI is InChI=1S/C9H19NO3/c1-5-7(10(2,3)4)8(11)6-9(12)13/h7-8,11H,5-6H2,1-4H3. The van der Waals surface area contributed by atoms with Gasteiger partial charge < -0.3 is 19.5 Å². The molecule has 13 heavy (non-hydrogen) atoms. The molecule has 78 valence electrons. The summed E-state index contributed by atoms with van der Waals surface area (Å²) in [6, 6.07) is -0.0575. The second-order valence-corrected chi connectivity index (χ2v) is 4.24. The third-order valence-electron chi connectivity index (χ3n) is 2.23. The Labute approximate surface area is 79.4 Å². The Hall–Kier alpha value is -0.610. The van der Waals surface area contributed by atoms with E-state index < -0.39 is 12.1 Å². The van der Waals surface area contributed by atoms with Gasteiger partial charge in [-0.25, -0.2) is 0 Å². The molecule has 0 aliphatic carbocycles. The average Bonchev–Trinajstić information content (AvgIpc) is 1.82. The van der Waals surface area contributed by atoms with Crippen LogP contribution >= 0.6 is 0 Å². The summed E-state index contributed by atoms with van der Waals surface area (Å²) in [7, 11) is 5.81. The third kappa shape index (κ3) is 4.24. The van der Waals surface area contributed by atoms with Crippen molar-refractivity contribution in [2.75, 3.05) is 21.1 Å². The first kappa shape index (κ1) is 12.4. The lowest BCUT2D eigenvalue weighted by molar-refractivity contribution is -0.900. The molecular formula is C9H19NO3. The summed E-state index contributed by atoms with van der Waals surface area (Å²) >= 11 is 0. The Kier molecular flexibility index (Phi) is 4.36. The van der Waals surface area contributed by atoms with E-state index >= 15 is 0 Å². The highest BCUT2D eigenvalue weighted by molar-refractivity contribution is 5.64. The minimum absolute atomic E-state index is 0.0575. The van der Waals surface area contributed by atoms with E-state index in [9.17, 15) is 15.0 Å². The van der Waals surface area contributed by atoms with Crippen LogP contribution in [0.3, 0.4) is 0 Å². The number of carbonyl (C=O) groups is 1. The number of carbonyl (C=O) groups excluding carboxylic acids is 1. The van der Waals surface area contributed by atoms with Crippen LogP contribution in [0.2, 0.25) is 0 Å². The van der Waals surface area contributed by atoms with Gasteiger partial charge in [0.2, 0.25) is 0 Å². The van der Waals surface area contributed by atoms with Gasteiger partial charge in [-0.15, -0.1) is 0 Å². The molecule has 0 aromatic heterocycles. The maximum atomic E-state index is 10.3. The Bertz CT molecular complexity index is 174. The van der Waals surface area contributed by atoms with Crippen LogP contribution in [-0.2, 0) is 4.79 Å². The fourth-order valence-electron chi connectivity index (χ4n) is 1.64. The van der Waals surface area contributed by atoms with Gasteiger partial charge >= 0.3 is 0 Å². The lowest BCUT2D eigenvalue weighted by Crippen LogP contribution is -2.52. The van der Waals surface area contributed by atoms with Crippen LogP contribution in [0.25, 0.3) is 0 Å². The normalized spacial score (nSPS) is 16.7. The van der Waals surface area contributed by atoms with Crippen molar-refractivity contribution in [1.82, 2.24) is 0 Å². The zero-order chi connectivity index (χ0) is 10.6. The molecule has 0 bridgehead atoms. The number of hydrogen-bond donors (Lipinski definition) is 1. The molecule has 0 radical (unpaired) electrons. The fourth-order valence-corrected chi connectivity index (χ4v) is 1.64. The second kappa shape index (κ2) is 4.58. The number of aliphatic hydroxyl groups is 1. The number of aliphatic carboxylic acids is 1. The van der Waals surface area contributed by atoms with Gasteiger partial charge in [-0.2, -0.15) is 0 Å². The molecule has 0 saturated heterocycles. The molecule has 0 heterocycles. The van der Waals surface area contributed by atoms with E-state index in [1.807, 2.05) is 28.1 Å². The van der Waals surface area contributed by atoms with Gasteiger partial charge in [-0.3, -0.25) is 0 Å². The van der Waals surface area contributed by atoms with Crippen molar-refractivity contribution in [2.45, 2.75) is 31.9 Å². The van der Waals surface area contributed by atoms with Gasteiger partial charge in [0.1, 0.15) is 12.1 Å². The molecule has 0 aromatic rings. The average molecular weight is 189 g/mol. The number of likely N-dealkylation sites (N-methyl/N-ethyl adjacent to an activating group) is 1. The first-order chi connectivity index (χ1) is 5.79. The van der Waals surface area contributed by atoms with Crippen LogP contribution in [0.4, 0.5) is 0 Å². The van der Waals surface area contributed by atoms with E-state index in [1.165, 1.54) is 0 Å². The van der Waals surface area contributed by atoms with Crippen molar-refractivity contribution >= 4 is 5.97 Å². The Morgan fingerprint density at radius 3 is 2.15 bits per heavy atom. The Balaban J connectivity index is 4.32. The number of hydrogen-bond acceptors (Lipinski definition) is 3. The molecule has 4 heteroatoms. The molecule has 2 unspecified atom stereocenters. The molecule has 2 atom stereocenters. The lowest BCUT2D eigenvalue weighted by Gasteiger charge is -2.36. The van der Waals surface area contributed by atoms with Crippen LogP contribution in [0.5, 0.6) is 0 Å². The Morgan fingerprint density at radius 1 is 1.46 bits per heavy atom. The van der Waals surface area contributed by atoms with E-state index in [1.54, 1.807) is 0 Å². The van der Waals surface area contributed by atoms with Crippen molar-refractivity contribution in [1.29, 1.82) is 0 Å². The number of nitrogens with zero attached hydrogens (tertiary/aromatic N) is 1. The van der Waals surface area contributed by atoms with Crippen LogP contribution < -0.4 is 5.11 Å². The largest absolute Gasteiger partial charge is 0.550 e. The van der Waals surface area contributed by atoms with E-state index in [0.717, 1.165) is 6.42 Å². The maximum absolute atomic E-state index is 10.3. The zero-order valence-electron chi connectivity index (χ0n) is 8.78. The molecule has 0 aromatic carbocycles. The second-order valence-electron chi connectivity index (χ2n) is 4.24. The minimum atomic E-state index is -1.19. The van der Waals surface area contributed by atoms with Crippen molar-refractivity contribution in [2.24, 2.45) is 0 Å². The van der Waals surface area contributed by atoms with Crippen molar-refractivity contribution in [3.63, 3.8) is 0 Å². The number of carboxylic acid groups (broad SMARTS) is 1. The Morgan fingerprint density at radius 2 is 1.92 bits per heavy atom. The minimum Gasteiger partial charge on any atom is -0.550 e. The van der Waals surface area contributed by atoms with Crippen LogP contribution in [0.15, 0.2) is 0 Å². The van der Waals surface area contributed by atoms with Crippen molar-refractivity contribution < 1.29 is 19.5 Å². The summed E-state index contributed by atoms with van der Waals surface area (Å²) in [5.74, 6) is -1.19. The SMILES string of the molecule is CCC(C(O)CC(=O)[O-])[N+](C)(C)C. The summed E-state index contributed by atoms with van der Waals surface area (Å²) < 4.78 is 0.560. The van der Waals surface area contributed by atoms with Crippen LogP contribution in [0.1, 0.15) is 19.8 Å². The van der Waals surface area contributed by atoms with Crippen molar-refractivity contribution in [3.8, 4) is 0 Å². The summed E-state index contributed by atoms with van der Waals surface area (Å²) in [5.41, 5.74) is 0. The van der Waals surface area contributed by atoms with Crippen LogP contribution in [-0.4, -0.2) is 48.8 Å². The molecule has 0 fully saturated rings. The molecule has 0 spiro atoms. The van der Waals surface area contributed by atoms with Gasteiger partial charge in [0.25, 0.3) is 0 Å². The van der Waals surface area contributed by atoms with E-state index in [2.05, 4.69) is 0 Å². The van der Waals surface area contributed by atoms with Gasteiger partial charge in [-0.05, 0) is 6.42 Å². The summed E-state index contributed by atoms with van der Waals surface area (Å²) in [6.45, 7) is 1.94. The molecule has 4 nitrogen and oxygen atoms in total. The zero-order valence-corrected chi connectivity index (χ0v) is 8.78. The van der Waals surface area contributed by atoms with E-state index in [0.29, 0.717) is 4.48 Å². The highest BCUT2D eigenvalue weighted by Gasteiger charge is 2.29.